The highest BCUT2D eigenvalue weighted by molar-refractivity contribution is 5.47. The van der Waals surface area contributed by atoms with E-state index in [0.29, 0.717) is 11.9 Å². The Balaban J connectivity index is 2.19. The van der Waals surface area contributed by atoms with Gasteiger partial charge in [0.15, 0.2) is 5.65 Å². The van der Waals surface area contributed by atoms with Gasteiger partial charge in [-0.15, -0.1) is 0 Å². The minimum atomic E-state index is 0.135. The zero-order valence-corrected chi connectivity index (χ0v) is 12.6. The number of fused-ring (bicyclic) bond motifs is 1. The Kier molecular flexibility index (Phi) is 4.89. The van der Waals surface area contributed by atoms with Gasteiger partial charge in [0.25, 0.3) is 0 Å². The summed E-state index contributed by atoms with van der Waals surface area (Å²) in [6, 6.07) is 0.433. The van der Waals surface area contributed by atoms with Crippen LogP contribution in [0.15, 0.2) is 12.5 Å². The number of rotatable bonds is 7. The van der Waals surface area contributed by atoms with Crippen LogP contribution in [0.2, 0.25) is 0 Å². The highest BCUT2D eigenvalue weighted by atomic mass is 16.5. The molecule has 2 heterocycles. The maximum Gasteiger partial charge on any atom is 0.320 e. The second-order valence-corrected chi connectivity index (χ2v) is 5.20. The van der Waals surface area contributed by atoms with Gasteiger partial charge in [-0.25, -0.2) is 4.52 Å². The molecule has 0 saturated heterocycles. The molecule has 2 aromatic heterocycles. The summed E-state index contributed by atoms with van der Waals surface area (Å²) >= 11 is 0. The molecule has 0 amide bonds. The SMILES string of the molecule is CCC(CCNC)Oc1ncn2ncc(C(C)C)c2n1. The molecule has 2 rings (SSSR count). The largest absolute Gasteiger partial charge is 0.460 e. The second-order valence-electron chi connectivity index (χ2n) is 5.20. The van der Waals surface area contributed by atoms with Crippen molar-refractivity contribution in [1.82, 2.24) is 24.9 Å². The Morgan fingerprint density at radius 1 is 1.40 bits per heavy atom. The third kappa shape index (κ3) is 3.25. The first-order valence-electron chi connectivity index (χ1n) is 7.17. The number of nitrogens with one attached hydrogen (secondary N) is 1. The average molecular weight is 277 g/mol. The molecule has 0 aliphatic heterocycles. The van der Waals surface area contributed by atoms with E-state index in [-0.39, 0.29) is 6.10 Å². The Labute approximate surface area is 119 Å². The molecule has 1 N–H and O–H groups in total. The van der Waals surface area contributed by atoms with Gasteiger partial charge in [0.2, 0.25) is 0 Å². The van der Waals surface area contributed by atoms with E-state index in [1.165, 1.54) is 0 Å². The monoisotopic (exact) mass is 277 g/mol. The molecule has 0 radical (unpaired) electrons. The van der Waals surface area contributed by atoms with Crippen LogP contribution in [0.4, 0.5) is 0 Å². The summed E-state index contributed by atoms with van der Waals surface area (Å²) < 4.78 is 7.57. The van der Waals surface area contributed by atoms with Crippen LogP contribution in [0.25, 0.3) is 5.65 Å². The summed E-state index contributed by atoms with van der Waals surface area (Å²) in [7, 11) is 1.94. The molecule has 0 spiro atoms. The van der Waals surface area contributed by atoms with Gasteiger partial charge in [0, 0.05) is 5.56 Å². The lowest BCUT2D eigenvalue weighted by Gasteiger charge is -2.15. The quantitative estimate of drug-likeness (QED) is 0.838. The fourth-order valence-corrected chi connectivity index (χ4v) is 2.06. The number of hydrogen-bond acceptors (Lipinski definition) is 5. The molecule has 6 heteroatoms. The molecule has 2 aromatic rings. The van der Waals surface area contributed by atoms with Gasteiger partial charge in [-0.1, -0.05) is 20.8 Å². The normalized spacial score (nSPS) is 13.1. The fraction of sp³-hybridized carbons (Fsp3) is 0.643. The second kappa shape index (κ2) is 6.65. The molecule has 20 heavy (non-hydrogen) atoms. The van der Waals surface area contributed by atoms with E-state index in [1.54, 1.807) is 10.8 Å². The highest BCUT2D eigenvalue weighted by Crippen LogP contribution is 2.20. The summed E-state index contributed by atoms with van der Waals surface area (Å²) in [5.74, 6) is 0.376. The van der Waals surface area contributed by atoms with Crippen molar-refractivity contribution < 1.29 is 4.74 Å². The highest BCUT2D eigenvalue weighted by Gasteiger charge is 2.13. The summed E-state index contributed by atoms with van der Waals surface area (Å²) in [4.78, 5) is 8.72. The van der Waals surface area contributed by atoms with E-state index >= 15 is 0 Å². The van der Waals surface area contributed by atoms with E-state index in [2.05, 4.69) is 41.2 Å². The molecule has 110 valence electrons. The lowest BCUT2D eigenvalue weighted by molar-refractivity contribution is 0.171. The van der Waals surface area contributed by atoms with Gasteiger partial charge in [-0.05, 0) is 32.4 Å². The summed E-state index contributed by atoms with van der Waals surface area (Å²) in [5, 5.41) is 7.39. The first-order valence-corrected chi connectivity index (χ1v) is 7.17. The Bertz CT molecular complexity index is 551. The van der Waals surface area contributed by atoms with Gasteiger partial charge in [-0.3, -0.25) is 0 Å². The zero-order valence-electron chi connectivity index (χ0n) is 12.6. The first-order chi connectivity index (χ1) is 9.65. The molecule has 1 atom stereocenters. The third-order valence-corrected chi connectivity index (χ3v) is 3.34. The van der Waals surface area contributed by atoms with Gasteiger partial charge < -0.3 is 10.1 Å². The Morgan fingerprint density at radius 3 is 2.85 bits per heavy atom. The third-order valence-electron chi connectivity index (χ3n) is 3.34. The van der Waals surface area contributed by atoms with Crippen LogP contribution in [0, 0.1) is 0 Å². The molecule has 0 saturated carbocycles. The van der Waals surface area contributed by atoms with Crippen molar-refractivity contribution in [1.29, 1.82) is 0 Å². The molecular formula is C14H23N5O. The molecule has 0 aliphatic carbocycles. The minimum absolute atomic E-state index is 0.135. The van der Waals surface area contributed by atoms with Crippen LogP contribution >= 0.6 is 0 Å². The van der Waals surface area contributed by atoms with Crippen molar-refractivity contribution in [3.8, 4) is 6.01 Å². The predicted molar refractivity (Wildman–Crippen MR) is 78.1 cm³/mol. The number of aromatic nitrogens is 4. The predicted octanol–water partition coefficient (Wildman–Crippen LogP) is 2.01. The van der Waals surface area contributed by atoms with E-state index < -0.39 is 0 Å². The lowest BCUT2D eigenvalue weighted by Crippen LogP contribution is -2.22. The van der Waals surface area contributed by atoms with Gasteiger partial charge in [0.1, 0.15) is 12.4 Å². The standard InChI is InChI=1S/C14H23N5O/c1-5-11(6-7-15-4)20-14-16-9-19-13(18-14)12(8-17-19)10(2)3/h8-11,15H,5-7H2,1-4H3. The first kappa shape index (κ1) is 14.7. The van der Waals surface area contributed by atoms with Crippen molar-refractivity contribution in [2.45, 2.75) is 45.6 Å². The van der Waals surface area contributed by atoms with Gasteiger partial charge >= 0.3 is 6.01 Å². The smallest absolute Gasteiger partial charge is 0.320 e. The van der Waals surface area contributed by atoms with Crippen molar-refractivity contribution in [3.63, 3.8) is 0 Å². The van der Waals surface area contributed by atoms with Crippen LogP contribution in [0.1, 0.15) is 45.1 Å². The summed E-state index contributed by atoms with van der Waals surface area (Å²) in [6.45, 7) is 7.28. The van der Waals surface area contributed by atoms with E-state index in [4.69, 9.17) is 4.74 Å². The van der Waals surface area contributed by atoms with E-state index in [1.807, 2.05) is 13.2 Å². The van der Waals surface area contributed by atoms with Crippen molar-refractivity contribution >= 4 is 5.65 Å². The summed E-state index contributed by atoms with van der Waals surface area (Å²) in [6.07, 6.45) is 5.52. The van der Waals surface area contributed by atoms with Crippen molar-refractivity contribution in [3.05, 3.63) is 18.1 Å². The number of nitrogens with zero attached hydrogens (tertiary/aromatic N) is 4. The number of hydrogen-bond donors (Lipinski definition) is 1. The topological polar surface area (TPSA) is 64.3 Å². The van der Waals surface area contributed by atoms with Crippen molar-refractivity contribution in [2.24, 2.45) is 0 Å². The average Bonchev–Trinajstić information content (AvgIpc) is 2.86. The van der Waals surface area contributed by atoms with Crippen LogP contribution in [-0.2, 0) is 0 Å². The van der Waals surface area contributed by atoms with Crippen LogP contribution in [0.3, 0.4) is 0 Å². The zero-order chi connectivity index (χ0) is 14.5. The van der Waals surface area contributed by atoms with Crippen LogP contribution in [-0.4, -0.2) is 39.3 Å². The van der Waals surface area contributed by atoms with E-state index in [9.17, 15) is 0 Å². The Morgan fingerprint density at radius 2 is 2.20 bits per heavy atom. The van der Waals surface area contributed by atoms with Crippen LogP contribution < -0.4 is 10.1 Å². The Hall–Kier alpha value is -1.69. The molecule has 1 unspecified atom stereocenters. The fourth-order valence-electron chi connectivity index (χ4n) is 2.06. The van der Waals surface area contributed by atoms with Gasteiger partial charge in [0.05, 0.1) is 6.20 Å². The molecule has 6 nitrogen and oxygen atoms in total. The maximum absolute atomic E-state index is 5.87. The maximum atomic E-state index is 5.87. The lowest BCUT2D eigenvalue weighted by atomic mass is 10.1. The summed E-state index contributed by atoms with van der Waals surface area (Å²) in [5.41, 5.74) is 1.94. The molecule has 0 fully saturated rings. The minimum Gasteiger partial charge on any atom is -0.460 e. The van der Waals surface area contributed by atoms with Gasteiger partial charge in [-0.2, -0.15) is 15.1 Å². The molecule has 0 aliphatic rings. The molecular weight excluding hydrogens is 254 g/mol. The number of ether oxygens (including phenoxy) is 1. The molecule has 0 aromatic carbocycles. The molecule has 0 bridgehead atoms. The van der Waals surface area contributed by atoms with Crippen molar-refractivity contribution in [2.75, 3.05) is 13.6 Å². The van der Waals surface area contributed by atoms with Crippen LogP contribution in [0.5, 0.6) is 6.01 Å². The van der Waals surface area contributed by atoms with E-state index in [0.717, 1.165) is 30.6 Å².